The number of amides is 1. The molecule has 0 atom stereocenters. The second kappa shape index (κ2) is 7.93. The van der Waals surface area contributed by atoms with E-state index in [0.717, 1.165) is 11.3 Å². The lowest BCUT2D eigenvalue weighted by molar-refractivity contribution is -0.116. The summed E-state index contributed by atoms with van der Waals surface area (Å²) in [6.45, 7) is 0. The molecule has 9 nitrogen and oxygen atoms in total. The van der Waals surface area contributed by atoms with Gasteiger partial charge in [-0.2, -0.15) is 4.98 Å². The lowest BCUT2D eigenvalue weighted by Gasteiger charge is -2.05. The molecule has 2 N–H and O–H groups in total. The second-order valence-electron chi connectivity index (χ2n) is 6.25. The zero-order valence-corrected chi connectivity index (χ0v) is 15.5. The van der Waals surface area contributed by atoms with Crippen molar-refractivity contribution in [2.24, 2.45) is 0 Å². The Morgan fingerprint density at radius 1 is 1.21 bits per heavy atom. The number of benzene rings is 2. The Morgan fingerprint density at radius 3 is 2.83 bits per heavy atom. The van der Waals surface area contributed by atoms with Gasteiger partial charge in [0.25, 0.3) is 5.56 Å². The van der Waals surface area contributed by atoms with Crippen LogP contribution in [0.4, 0.5) is 5.69 Å². The summed E-state index contributed by atoms with van der Waals surface area (Å²) in [5.41, 5.74) is 1.61. The van der Waals surface area contributed by atoms with Crippen LogP contribution in [0.1, 0.15) is 12.3 Å². The van der Waals surface area contributed by atoms with Gasteiger partial charge in [-0.15, -0.1) is 0 Å². The Bertz CT molecular complexity index is 1210. The average Bonchev–Trinajstić information content (AvgIpc) is 3.22. The highest BCUT2D eigenvalue weighted by Gasteiger charge is 2.11. The molecule has 0 spiro atoms. The van der Waals surface area contributed by atoms with Crippen LogP contribution >= 0.6 is 0 Å². The minimum absolute atomic E-state index is 0.158. The number of hydrogen-bond acceptors (Lipinski definition) is 7. The SMILES string of the molecule is COc1ccc(-c2noc(CCC(=O)Nc3ccc4nc[nH]c(=O)c4c3)n2)cc1. The van der Waals surface area contributed by atoms with Crippen molar-refractivity contribution < 1.29 is 14.1 Å². The van der Waals surface area contributed by atoms with Crippen LogP contribution in [0, 0.1) is 0 Å². The molecule has 2 aromatic heterocycles. The molecule has 0 saturated carbocycles. The van der Waals surface area contributed by atoms with Gasteiger partial charge in [0.05, 0.1) is 24.3 Å². The molecule has 146 valence electrons. The number of nitrogens with zero attached hydrogens (tertiary/aromatic N) is 3. The van der Waals surface area contributed by atoms with Gasteiger partial charge in [-0.25, -0.2) is 4.98 Å². The van der Waals surface area contributed by atoms with Crippen LogP contribution in [0.5, 0.6) is 5.75 Å². The van der Waals surface area contributed by atoms with Crippen LogP contribution in [0.15, 0.2) is 58.1 Å². The molecule has 29 heavy (non-hydrogen) atoms. The van der Waals surface area contributed by atoms with Gasteiger partial charge in [0.2, 0.25) is 17.6 Å². The monoisotopic (exact) mass is 391 g/mol. The van der Waals surface area contributed by atoms with E-state index in [0.29, 0.717) is 34.7 Å². The molecule has 1 amide bonds. The summed E-state index contributed by atoms with van der Waals surface area (Å²) in [4.78, 5) is 35.0. The minimum atomic E-state index is -0.261. The van der Waals surface area contributed by atoms with Gasteiger partial charge in [0.15, 0.2) is 0 Å². The van der Waals surface area contributed by atoms with Crippen molar-refractivity contribution in [1.82, 2.24) is 20.1 Å². The number of rotatable bonds is 6. The largest absolute Gasteiger partial charge is 0.497 e. The summed E-state index contributed by atoms with van der Waals surface area (Å²) in [6.07, 6.45) is 1.80. The number of hydrogen-bond donors (Lipinski definition) is 2. The van der Waals surface area contributed by atoms with Gasteiger partial charge in [0.1, 0.15) is 5.75 Å². The summed E-state index contributed by atoms with van der Waals surface area (Å²) in [7, 11) is 1.60. The predicted molar refractivity (Wildman–Crippen MR) is 106 cm³/mol. The lowest BCUT2D eigenvalue weighted by atomic mass is 10.2. The van der Waals surface area contributed by atoms with Crippen LogP contribution in [0.3, 0.4) is 0 Å². The van der Waals surface area contributed by atoms with Crippen molar-refractivity contribution in [2.45, 2.75) is 12.8 Å². The molecule has 0 aliphatic rings. The Balaban J connectivity index is 1.38. The maximum absolute atomic E-state index is 12.2. The molecule has 2 heterocycles. The quantitative estimate of drug-likeness (QED) is 0.518. The third-order valence-corrected chi connectivity index (χ3v) is 4.31. The van der Waals surface area contributed by atoms with E-state index in [2.05, 4.69) is 25.4 Å². The van der Waals surface area contributed by atoms with E-state index < -0.39 is 0 Å². The first-order valence-corrected chi connectivity index (χ1v) is 8.87. The Kier molecular flexibility index (Phi) is 5.02. The first kappa shape index (κ1) is 18.4. The van der Waals surface area contributed by atoms with Crippen molar-refractivity contribution in [3.05, 3.63) is 65.0 Å². The van der Waals surface area contributed by atoms with Crippen LogP contribution in [0.25, 0.3) is 22.3 Å². The van der Waals surface area contributed by atoms with E-state index in [1.807, 2.05) is 24.3 Å². The second-order valence-corrected chi connectivity index (χ2v) is 6.25. The molecule has 0 fully saturated rings. The highest BCUT2D eigenvalue weighted by molar-refractivity contribution is 5.93. The van der Waals surface area contributed by atoms with E-state index in [4.69, 9.17) is 9.26 Å². The van der Waals surface area contributed by atoms with Gasteiger partial charge in [-0.05, 0) is 42.5 Å². The summed E-state index contributed by atoms with van der Waals surface area (Å²) in [5, 5.41) is 7.11. The fourth-order valence-electron chi connectivity index (χ4n) is 2.80. The normalized spacial score (nSPS) is 10.8. The highest BCUT2D eigenvalue weighted by atomic mass is 16.5. The van der Waals surface area contributed by atoms with Crippen molar-refractivity contribution >= 4 is 22.5 Å². The molecule has 4 rings (SSSR count). The van der Waals surface area contributed by atoms with Crippen molar-refractivity contribution in [2.75, 3.05) is 12.4 Å². The van der Waals surface area contributed by atoms with E-state index in [9.17, 15) is 9.59 Å². The molecular weight excluding hydrogens is 374 g/mol. The molecule has 0 aliphatic carbocycles. The maximum Gasteiger partial charge on any atom is 0.258 e. The topological polar surface area (TPSA) is 123 Å². The number of fused-ring (bicyclic) bond motifs is 1. The molecule has 0 radical (unpaired) electrons. The number of H-pyrrole nitrogens is 1. The van der Waals surface area contributed by atoms with Crippen molar-refractivity contribution in [1.29, 1.82) is 0 Å². The molecular formula is C20H17N5O4. The predicted octanol–water partition coefficient (Wildman–Crippen LogP) is 2.55. The van der Waals surface area contributed by atoms with Crippen molar-refractivity contribution in [3.8, 4) is 17.1 Å². The van der Waals surface area contributed by atoms with Gasteiger partial charge in [-0.3, -0.25) is 9.59 Å². The maximum atomic E-state index is 12.2. The van der Waals surface area contributed by atoms with Gasteiger partial charge < -0.3 is 19.6 Å². The molecule has 0 saturated heterocycles. The summed E-state index contributed by atoms with van der Waals surface area (Å²) < 4.78 is 10.3. The molecule has 4 aromatic rings. The number of carbonyl (C=O) groups is 1. The molecule has 0 unspecified atom stereocenters. The number of ether oxygens (including phenoxy) is 1. The number of nitrogens with one attached hydrogen (secondary N) is 2. The van der Waals surface area contributed by atoms with Gasteiger partial charge in [0, 0.05) is 24.1 Å². The number of aromatic nitrogens is 4. The Hall–Kier alpha value is -4.01. The van der Waals surface area contributed by atoms with Crippen LogP contribution in [0.2, 0.25) is 0 Å². The Morgan fingerprint density at radius 2 is 2.03 bits per heavy atom. The molecule has 0 aliphatic heterocycles. The van der Waals surface area contributed by atoms with Crippen LogP contribution < -0.4 is 15.6 Å². The van der Waals surface area contributed by atoms with Gasteiger partial charge >= 0.3 is 0 Å². The zero-order chi connectivity index (χ0) is 20.2. The van der Waals surface area contributed by atoms with E-state index in [-0.39, 0.29) is 17.9 Å². The lowest BCUT2D eigenvalue weighted by Crippen LogP contribution is -2.13. The average molecular weight is 391 g/mol. The number of carbonyl (C=O) groups excluding carboxylic acids is 1. The molecule has 2 aromatic carbocycles. The number of methoxy groups -OCH3 is 1. The summed E-state index contributed by atoms with van der Waals surface area (Å²) >= 11 is 0. The van der Waals surface area contributed by atoms with E-state index in [1.165, 1.54) is 6.33 Å². The fourth-order valence-corrected chi connectivity index (χ4v) is 2.80. The first-order valence-electron chi connectivity index (χ1n) is 8.87. The van der Waals surface area contributed by atoms with Crippen LogP contribution in [-0.2, 0) is 11.2 Å². The molecule has 9 heteroatoms. The minimum Gasteiger partial charge on any atom is -0.497 e. The number of anilines is 1. The highest BCUT2D eigenvalue weighted by Crippen LogP contribution is 2.20. The summed E-state index contributed by atoms with van der Waals surface area (Å²) in [6, 6.07) is 12.2. The van der Waals surface area contributed by atoms with E-state index >= 15 is 0 Å². The van der Waals surface area contributed by atoms with Gasteiger partial charge in [-0.1, -0.05) is 5.16 Å². The number of aromatic amines is 1. The summed E-state index contributed by atoms with van der Waals surface area (Å²) in [5.74, 6) is 1.32. The standard InChI is InChI=1S/C20H17N5O4/c1-28-14-5-2-12(3-6-14)19-24-18(29-25-19)9-8-17(26)23-13-4-7-16-15(10-13)20(27)22-11-21-16/h2-7,10-11H,8-9H2,1H3,(H,23,26)(H,21,22,27). The Labute approximate surface area is 164 Å². The third kappa shape index (κ3) is 4.13. The smallest absolute Gasteiger partial charge is 0.258 e. The zero-order valence-electron chi connectivity index (χ0n) is 15.5. The van der Waals surface area contributed by atoms with Crippen molar-refractivity contribution in [3.63, 3.8) is 0 Å². The third-order valence-electron chi connectivity index (χ3n) is 4.31. The number of aryl methyl sites for hydroxylation is 1. The fraction of sp³-hybridized carbons (Fsp3) is 0.150. The van der Waals surface area contributed by atoms with E-state index in [1.54, 1.807) is 25.3 Å². The van der Waals surface area contributed by atoms with Crippen LogP contribution in [-0.4, -0.2) is 33.1 Å². The molecule has 0 bridgehead atoms. The first-order chi connectivity index (χ1) is 14.1.